The van der Waals surface area contributed by atoms with Gasteiger partial charge in [-0.05, 0) is 13.3 Å². The maximum atomic E-state index is 10.5. The molecule has 0 radical (unpaired) electrons. The van der Waals surface area contributed by atoms with E-state index in [1.165, 1.54) is 0 Å². The molecule has 13 heavy (non-hydrogen) atoms. The second-order valence-electron chi connectivity index (χ2n) is 2.68. The number of carboxylic acid groups (broad SMARTS) is 1. The van der Waals surface area contributed by atoms with Gasteiger partial charge in [0, 0.05) is 12.1 Å². The van der Waals surface area contributed by atoms with Crippen LogP contribution in [-0.2, 0) is 4.79 Å². The van der Waals surface area contributed by atoms with Crippen molar-refractivity contribution in [1.29, 1.82) is 0 Å². The molecule has 0 aromatic carbocycles. The lowest BCUT2D eigenvalue weighted by Gasteiger charge is -2.04. The first-order chi connectivity index (χ1) is 6.11. The zero-order chi connectivity index (χ0) is 10.3. The van der Waals surface area contributed by atoms with Gasteiger partial charge in [-0.25, -0.2) is 4.79 Å². The fraction of sp³-hybridized carbons (Fsp3) is 0.500. The number of hydrogen-bond acceptors (Lipinski definition) is 2. The van der Waals surface area contributed by atoms with Crippen LogP contribution in [0.3, 0.4) is 0 Å². The van der Waals surface area contributed by atoms with Crippen molar-refractivity contribution in [3.05, 3.63) is 11.6 Å². The van der Waals surface area contributed by atoms with Crippen LogP contribution in [0.1, 0.15) is 20.3 Å². The van der Waals surface area contributed by atoms with Gasteiger partial charge in [0.2, 0.25) is 0 Å². The first kappa shape index (κ1) is 11.7. The summed E-state index contributed by atoms with van der Waals surface area (Å²) in [5.74, 6) is 1.63. The van der Waals surface area contributed by atoms with Crippen molar-refractivity contribution in [3.8, 4) is 12.3 Å². The van der Waals surface area contributed by atoms with Crippen molar-refractivity contribution in [3.63, 3.8) is 0 Å². The molecule has 0 aliphatic heterocycles. The van der Waals surface area contributed by atoms with Gasteiger partial charge in [-0.2, -0.15) is 0 Å². The first-order valence-electron chi connectivity index (χ1n) is 4.23. The molecule has 0 aromatic heterocycles. The average molecular weight is 181 g/mol. The maximum absolute atomic E-state index is 10.5. The van der Waals surface area contributed by atoms with E-state index in [2.05, 4.69) is 11.2 Å². The van der Waals surface area contributed by atoms with Gasteiger partial charge in [0.05, 0.1) is 6.04 Å². The van der Waals surface area contributed by atoms with E-state index >= 15 is 0 Å². The third-order valence-corrected chi connectivity index (χ3v) is 1.68. The van der Waals surface area contributed by atoms with Crippen LogP contribution in [-0.4, -0.2) is 23.7 Å². The Hall–Kier alpha value is -1.27. The Balaban J connectivity index is 3.96. The summed E-state index contributed by atoms with van der Waals surface area (Å²) in [6.07, 6.45) is 7.31. The highest BCUT2D eigenvalue weighted by Crippen LogP contribution is 1.98. The van der Waals surface area contributed by atoms with Crippen LogP contribution in [0.4, 0.5) is 0 Å². The molecule has 72 valence electrons. The van der Waals surface area contributed by atoms with Crippen LogP contribution < -0.4 is 5.32 Å². The molecule has 0 rings (SSSR count). The van der Waals surface area contributed by atoms with Gasteiger partial charge in [-0.15, -0.1) is 6.42 Å². The van der Waals surface area contributed by atoms with Gasteiger partial charge in [0.25, 0.3) is 0 Å². The van der Waals surface area contributed by atoms with Crippen LogP contribution in [0.5, 0.6) is 0 Å². The Morgan fingerprint density at radius 1 is 1.77 bits per heavy atom. The van der Waals surface area contributed by atoms with Crippen molar-refractivity contribution in [2.24, 2.45) is 0 Å². The van der Waals surface area contributed by atoms with E-state index in [4.69, 9.17) is 11.5 Å². The SMILES string of the molecule is C#CC(C)NCC=C(CC)C(=O)O. The minimum atomic E-state index is -0.863. The molecule has 0 saturated heterocycles. The summed E-state index contributed by atoms with van der Waals surface area (Å²) < 4.78 is 0. The van der Waals surface area contributed by atoms with Gasteiger partial charge >= 0.3 is 5.97 Å². The summed E-state index contributed by atoms with van der Waals surface area (Å²) in [4.78, 5) is 10.5. The summed E-state index contributed by atoms with van der Waals surface area (Å²) in [5, 5.41) is 11.6. The number of rotatable bonds is 5. The van der Waals surface area contributed by atoms with Crippen LogP contribution in [0.15, 0.2) is 11.6 Å². The van der Waals surface area contributed by atoms with Gasteiger partial charge in [0.1, 0.15) is 0 Å². The fourth-order valence-corrected chi connectivity index (χ4v) is 0.801. The third kappa shape index (κ3) is 5.05. The highest BCUT2D eigenvalue weighted by atomic mass is 16.4. The van der Waals surface area contributed by atoms with E-state index < -0.39 is 5.97 Å². The highest BCUT2D eigenvalue weighted by molar-refractivity contribution is 5.86. The normalized spacial score (nSPS) is 13.5. The number of nitrogens with one attached hydrogen (secondary N) is 1. The molecular formula is C10H15NO2. The molecule has 0 amide bonds. The lowest BCUT2D eigenvalue weighted by Crippen LogP contribution is -2.24. The monoisotopic (exact) mass is 181 g/mol. The minimum absolute atomic E-state index is 0.0249. The van der Waals surface area contributed by atoms with E-state index in [9.17, 15) is 4.79 Å². The van der Waals surface area contributed by atoms with E-state index in [0.717, 1.165) is 0 Å². The zero-order valence-corrected chi connectivity index (χ0v) is 8.00. The molecular weight excluding hydrogens is 166 g/mol. The van der Waals surface area contributed by atoms with Crippen LogP contribution in [0.2, 0.25) is 0 Å². The number of carboxylic acids is 1. The molecule has 2 N–H and O–H groups in total. The fourth-order valence-electron chi connectivity index (χ4n) is 0.801. The lowest BCUT2D eigenvalue weighted by atomic mass is 10.2. The van der Waals surface area contributed by atoms with E-state index in [-0.39, 0.29) is 6.04 Å². The average Bonchev–Trinajstić information content (AvgIpc) is 2.11. The van der Waals surface area contributed by atoms with Gasteiger partial charge in [0.15, 0.2) is 0 Å². The van der Waals surface area contributed by atoms with Crippen LogP contribution >= 0.6 is 0 Å². The smallest absolute Gasteiger partial charge is 0.331 e. The summed E-state index contributed by atoms with van der Waals surface area (Å²) in [5.41, 5.74) is 0.414. The Bertz CT molecular complexity index is 238. The van der Waals surface area contributed by atoms with Crippen LogP contribution in [0, 0.1) is 12.3 Å². The lowest BCUT2D eigenvalue weighted by molar-refractivity contribution is -0.132. The molecule has 0 aliphatic carbocycles. The standard InChI is InChI=1S/C10H15NO2/c1-4-8(3)11-7-6-9(5-2)10(12)13/h1,6,8,11H,5,7H2,2-3H3,(H,12,13). The Kier molecular flexibility index (Phi) is 5.66. The first-order valence-corrected chi connectivity index (χ1v) is 4.23. The summed E-state index contributed by atoms with van der Waals surface area (Å²) in [6, 6.07) is -0.0249. The third-order valence-electron chi connectivity index (χ3n) is 1.68. The topological polar surface area (TPSA) is 49.3 Å². The molecule has 3 heteroatoms. The van der Waals surface area contributed by atoms with Crippen molar-refractivity contribution in [2.45, 2.75) is 26.3 Å². The Morgan fingerprint density at radius 3 is 2.77 bits per heavy atom. The maximum Gasteiger partial charge on any atom is 0.331 e. The molecule has 3 nitrogen and oxygen atoms in total. The predicted molar refractivity (Wildman–Crippen MR) is 52.3 cm³/mol. The van der Waals surface area contributed by atoms with Crippen molar-refractivity contribution >= 4 is 5.97 Å². The van der Waals surface area contributed by atoms with E-state index in [0.29, 0.717) is 18.5 Å². The largest absolute Gasteiger partial charge is 0.478 e. The molecule has 0 aliphatic rings. The quantitative estimate of drug-likeness (QED) is 0.491. The Morgan fingerprint density at radius 2 is 2.38 bits per heavy atom. The molecule has 0 fully saturated rings. The van der Waals surface area contributed by atoms with Gasteiger partial charge < -0.3 is 10.4 Å². The van der Waals surface area contributed by atoms with Crippen molar-refractivity contribution in [2.75, 3.05) is 6.54 Å². The molecule has 0 aromatic rings. The van der Waals surface area contributed by atoms with E-state index in [1.54, 1.807) is 6.08 Å². The van der Waals surface area contributed by atoms with Gasteiger partial charge in [-0.3, -0.25) is 0 Å². The number of aliphatic carboxylic acids is 1. The second-order valence-corrected chi connectivity index (χ2v) is 2.68. The number of carbonyl (C=O) groups is 1. The van der Waals surface area contributed by atoms with Crippen LogP contribution in [0.25, 0.3) is 0 Å². The molecule has 1 unspecified atom stereocenters. The van der Waals surface area contributed by atoms with Crippen molar-refractivity contribution < 1.29 is 9.90 Å². The van der Waals surface area contributed by atoms with Gasteiger partial charge in [-0.1, -0.05) is 18.9 Å². The zero-order valence-electron chi connectivity index (χ0n) is 8.00. The molecule has 0 bridgehead atoms. The molecule has 0 spiro atoms. The molecule has 1 atom stereocenters. The molecule has 0 heterocycles. The van der Waals surface area contributed by atoms with Crippen molar-refractivity contribution in [1.82, 2.24) is 5.32 Å². The number of terminal acetylenes is 1. The highest BCUT2D eigenvalue weighted by Gasteiger charge is 2.02. The Labute approximate surface area is 78.8 Å². The number of hydrogen-bond donors (Lipinski definition) is 2. The summed E-state index contributed by atoms with van der Waals surface area (Å²) in [7, 11) is 0. The van der Waals surface area contributed by atoms with E-state index in [1.807, 2.05) is 13.8 Å². The minimum Gasteiger partial charge on any atom is -0.478 e. The summed E-state index contributed by atoms with van der Waals surface area (Å²) in [6.45, 7) is 4.16. The molecule has 0 saturated carbocycles. The summed E-state index contributed by atoms with van der Waals surface area (Å²) >= 11 is 0. The second kappa shape index (κ2) is 6.27. The predicted octanol–water partition coefficient (Wildman–Crippen LogP) is 1.02.